The van der Waals surface area contributed by atoms with E-state index < -0.39 is 0 Å². The van der Waals surface area contributed by atoms with E-state index in [0.717, 1.165) is 0 Å². The predicted octanol–water partition coefficient (Wildman–Crippen LogP) is 1.63. The van der Waals surface area contributed by atoms with Crippen LogP contribution >= 0.6 is 28.7 Å². The summed E-state index contributed by atoms with van der Waals surface area (Å²) in [6.45, 7) is 4.09. The lowest BCUT2D eigenvalue weighted by molar-refractivity contribution is 0.0912. The Kier molecular flexibility index (Phi) is 4.36. The van der Waals surface area contributed by atoms with E-state index in [2.05, 4.69) is 44.0 Å². The lowest BCUT2D eigenvalue weighted by Gasteiger charge is -2.21. The highest BCUT2D eigenvalue weighted by molar-refractivity contribution is 9.10. The Bertz CT molecular complexity index is 656. The van der Waals surface area contributed by atoms with E-state index in [1.807, 2.05) is 13.8 Å². The molecular weight excluding hydrogens is 344 g/mol. The van der Waals surface area contributed by atoms with Gasteiger partial charge in [-0.3, -0.25) is 8.77 Å². The first-order valence-corrected chi connectivity index (χ1v) is 7.15. The zero-order valence-corrected chi connectivity index (χ0v) is 13.6. The van der Waals surface area contributed by atoms with Crippen LogP contribution in [-0.2, 0) is 0 Å². The molecule has 0 fully saturated rings. The molecule has 0 bridgehead atoms. The van der Waals surface area contributed by atoms with Gasteiger partial charge in [-0.15, -0.1) is 0 Å². The zero-order chi connectivity index (χ0) is 14.9. The molecule has 2 aromatic rings. The van der Waals surface area contributed by atoms with Crippen molar-refractivity contribution in [2.24, 2.45) is 5.41 Å². The molecule has 6 nitrogen and oxygen atoms in total. The number of hydrogen-bond acceptors (Lipinski definition) is 5. The summed E-state index contributed by atoms with van der Waals surface area (Å²) < 4.78 is 2.01. The van der Waals surface area contributed by atoms with Crippen LogP contribution < -0.4 is 5.32 Å². The summed E-state index contributed by atoms with van der Waals surface area (Å²) in [5, 5.41) is 12.0. The van der Waals surface area contributed by atoms with Crippen LogP contribution in [0, 0.1) is 5.41 Å². The molecule has 0 atom stereocenters. The Labute approximate surface area is 130 Å². The van der Waals surface area contributed by atoms with Crippen LogP contribution in [0.15, 0.2) is 17.0 Å². The maximum absolute atomic E-state index is 12.2. The number of thiol groups is 1. The quantitative estimate of drug-likeness (QED) is 0.725. The number of carbonyl (C=O) groups is 1. The second kappa shape index (κ2) is 5.71. The van der Waals surface area contributed by atoms with E-state index in [9.17, 15) is 9.90 Å². The first kappa shape index (κ1) is 15.3. The Morgan fingerprint density at radius 2 is 2.30 bits per heavy atom. The number of carbonyl (C=O) groups excluding carboxylic acids is 1. The number of hydrogen-bond donors (Lipinski definition) is 3. The average molecular weight is 359 g/mol. The molecule has 0 radical (unpaired) electrons. The van der Waals surface area contributed by atoms with Gasteiger partial charge in [0.05, 0.1) is 11.8 Å². The highest BCUT2D eigenvalue weighted by atomic mass is 79.9. The number of aliphatic hydroxyl groups excluding tert-OH is 1. The number of nitrogens with one attached hydrogen (secondary N) is 1. The van der Waals surface area contributed by atoms with E-state index >= 15 is 0 Å². The van der Waals surface area contributed by atoms with E-state index in [1.54, 1.807) is 12.4 Å². The van der Waals surface area contributed by atoms with Crippen molar-refractivity contribution in [1.82, 2.24) is 19.3 Å². The van der Waals surface area contributed by atoms with Crippen molar-refractivity contribution in [3.8, 4) is 0 Å². The molecule has 2 heterocycles. The highest BCUT2D eigenvalue weighted by Crippen LogP contribution is 2.21. The Balaban J connectivity index is 2.29. The topological polar surface area (TPSA) is 80.0 Å². The maximum atomic E-state index is 12.2. The second-order valence-corrected chi connectivity index (χ2v) is 6.50. The molecule has 8 heteroatoms. The van der Waals surface area contributed by atoms with Crippen LogP contribution in [0.3, 0.4) is 0 Å². The smallest absolute Gasteiger partial charge is 0.255 e. The fraction of sp³-hybridized carbons (Fsp3) is 0.417. The van der Waals surface area contributed by atoms with Crippen LogP contribution in [0.4, 0.5) is 0 Å². The third-order valence-electron chi connectivity index (χ3n) is 2.85. The molecule has 0 spiro atoms. The lowest BCUT2D eigenvalue weighted by atomic mass is 9.95. The van der Waals surface area contributed by atoms with Crippen LogP contribution in [0.1, 0.15) is 24.2 Å². The molecule has 0 saturated carbocycles. The summed E-state index contributed by atoms with van der Waals surface area (Å²) in [6.07, 6.45) is 3.12. The number of halogens is 1. The molecule has 2 rings (SSSR count). The Morgan fingerprint density at radius 1 is 1.60 bits per heavy atom. The molecule has 108 valence electrons. The second-order valence-electron chi connectivity index (χ2n) is 5.26. The van der Waals surface area contributed by atoms with Crippen molar-refractivity contribution in [1.29, 1.82) is 0 Å². The van der Waals surface area contributed by atoms with E-state index in [0.29, 0.717) is 27.9 Å². The van der Waals surface area contributed by atoms with E-state index in [-0.39, 0.29) is 17.9 Å². The van der Waals surface area contributed by atoms with Gasteiger partial charge >= 0.3 is 0 Å². The van der Waals surface area contributed by atoms with Gasteiger partial charge in [-0.2, -0.15) is 0 Å². The van der Waals surface area contributed by atoms with Gasteiger partial charge in [0.25, 0.3) is 5.91 Å². The molecule has 2 aromatic heterocycles. The number of amides is 1. The third-order valence-corrected chi connectivity index (χ3v) is 3.53. The van der Waals surface area contributed by atoms with Crippen molar-refractivity contribution in [2.75, 3.05) is 13.2 Å². The fourth-order valence-electron chi connectivity index (χ4n) is 1.59. The summed E-state index contributed by atoms with van der Waals surface area (Å²) in [4.78, 5) is 20.6. The minimum absolute atomic E-state index is 0.00698. The van der Waals surface area contributed by atoms with Crippen LogP contribution in [0.25, 0.3) is 11.2 Å². The number of rotatable bonds is 4. The molecule has 0 saturated heterocycles. The van der Waals surface area contributed by atoms with Gasteiger partial charge in [0.15, 0.2) is 5.65 Å². The fourth-order valence-corrected chi connectivity index (χ4v) is 2.13. The van der Waals surface area contributed by atoms with Gasteiger partial charge in [0, 0.05) is 24.8 Å². The molecule has 0 aliphatic heterocycles. The minimum Gasteiger partial charge on any atom is -0.396 e. The van der Waals surface area contributed by atoms with Gasteiger partial charge in [0.1, 0.15) is 10.1 Å². The summed E-state index contributed by atoms with van der Waals surface area (Å²) in [6, 6.07) is 0. The standard InChI is InChI=1S/C12H15BrN4O2S/c1-12(2,6-18)5-15-11(19)7-4-17(20)10-9(7)16-8(13)3-14-10/h3-4,18,20H,5-6H2,1-2H3,(H,15,19). The molecular formula is C12H15BrN4O2S. The predicted molar refractivity (Wildman–Crippen MR) is 82.8 cm³/mol. The van der Waals surface area contributed by atoms with Crippen molar-refractivity contribution in [2.45, 2.75) is 13.8 Å². The molecule has 0 unspecified atom stereocenters. The normalized spacial score (nSPS) is 11.8. The van der Waals surface area contributed by atoms with Crippen LogP contribution in [-0.4, -0.2) is 38.1 Å². The Morgan fingerprint density at radius 3 is 2.95 bits per heavy atom. The number of nitrogens with zero attached hydrogens (tertiary/aromatic N) is 3. The first-order chi connectivity index (χ1) is 9.34. The zero-order valence-electron chi connectivity index (χ0n) is 11.1. The average Bonchev–Trinajstić information content (AvgIpc) is 2.73. The van der Waals surface area contributed by atoms with Crippen molar-refractivity contribution in [3.63, 3.8) is 0 Å². The van der Waals surface area contributed by atoms with Gasteiger partial charge < -0.3 is 10.4 Å². The minimum atomic E-state index is -0.374. The summed E-state index contributed by atoms with van der Waals surface area (Å²) in [5.74, 6) is -0.267. The van der Waals surface area contributed by atoms with Crippen molar-refractivity contribution >= 4 is 45.8 Å². The summed E-state index contributed by atoms with van der Waals surface area (Å²) in [7, 11) is 0. The molecule has 0 aliphatic carbocycles. The van der Waals surface area contributed by atoms with Gasteiger partial charge in [-0.05, 0) is 15.9 Å². The maximum Gasteiger partial charge on any atom is 0.255 e. The number of aromatic nitrogens is 3. The van der Waals surface area contributed by atoms with Crippen molar-refractivity contribution in [3.05, 3.63) is 22.6 Å². The molecule has 2 N–H and O–H groups in total. The van der Waals surface area contributed by atoms with E-state index in [1.165, 1.54) is 3.97 Å². The van der Waals surface area contributed by atoms with Crippen LogP contribution in [0.5, 0.6) is 0 Å². The van der Waals surface area contributed by atoms with Gasteiger partial charge in [-0.1, -0.05) is 26.7 Å². The first-order valence-electron chi connectivity index (χ1n) is 5.96. The summed E-state index contributed by atoms with van der Waals surface area (Å²) >= 11 is 7.46. The Hall–Kier alpha value is -1.12. The van der Waals surface area contributed by atoms with Gasteiger partial charge in [-0.25, -0.2) is 9.97 Å². The largest absolute Gasteiger partial charge is 0.396 e. The lowest BCUT2D eigenvalue weighted by Crippen LogP contribution is -2.36. The molecule has 20 heavy (non-hydrogen) atoms. The highest BCUT2D eigenvalue weighted by Gasteiger charge is 2.21. The van der Waals surface area contributed by atoms with Gasteiger partial charge in [0.2, 0.25) is 0 Å². The number of fused-ring (bicyclic) bond motifs is 1. The van der Waals surface area contributed by atoms with E-state index in [4.69, 9.17) is 0 Å². The number of aliphatic hydroxyl groups is 1. The molecule has 0 aliphatic rings. The van der Waals surface area contributed by atoms with Crippen LogP contribution in [0.2, 0.25) is 0 Å². The monoisotopic (exact) mass is 358 g/mol. The third kappa shape index (κ3) is 3.13. The summed E-state index contributed by atoms with van der Waals surface area (Å²) in [5.41, 5.74) is 1.02. The molecule has 1 amide bonds. The SMILES string of the molecule is CC(C)(CO)CNC(=O)c1cn(S)c2ncc(Br)nc12. The van der Waals surface area contributed by atoms with Crippen molar-refractivity contribution < 1.29 is 9.90 Å². The molecule has 0 aromatic carbocycles.